The van der Waals surface area contributed by atoms with Gasteiger partial charge < -0.3 is 22.7 Å². The Labute approximate surface area is 504 Å². The van der Waals surface area contributed by atoms with Crippen LogP contribution in [-0.2, 0) is 21.1 Å². The molecule has 14 aromatic rings. The molecule has 5 heterocycles. The summed E-state index contributed by atoms with van der Waals surface area (Å²) in [7, 11) is 0. The molecule has 0 aliphatic heterocycles. The molecule has 5 aromatic heterocycles. The smallest absolute Gasteiger partial charge is 0.497 e. The summed E-state index contributed by atoms with van der Waals surface area (Å²) in [5.41, 5.74) is 21.6. The first kappa shape index (κ1) is 54.4. The van der Waals surface area contributed by atoms with E-state index in [1.807, 2.05) is 38.1 Å². The molecule has 9 aromatic carbocycles. The Bertz CT molecular complexity index is 4810. The van der Waals surface area contributed by atoms with Gasteiger partial charge in [-0.25, -0.2) is 0 Å². The first-order valence-corrected chi connectivity index (χ1v) is 29.0. The number of imidazole rings is 2. The summed E-state index contributed by atoms with van der Waals surface area (Å²) < 4.78 is 25.9. The number of nitrogens with zero attached hydrogens (tertiary/aromatic N) is 5. The van der Waals surface area contributed by atoms with Gasteiger partial charge in [0, 0.05) is 56.5 Å². The first-order valence-electron chi connectivity index (χ1n) is 29.0. The Morgan fingerprint density at radius 2 is 0.929 bits per heavy atom. The number of aromatic nitrogens is 5. The van der Waals surface area contributed by atoms with Gasteiger partial charge in [-0.3, -0.25) is 15.0 Å². The summed E-state index contributed by atoms with van der Waals surface area (Å²) in [4.78, 5) is 15.8. The third-order valence-electron chi connectivity index (χ3n) is 16.4. The molecule has 0 radical (unpaired) electrons. The van der Waals surface area contributed by atoms with E-state index in [1.165, 1.54) is 44.5 Å². The molecule has 416 valence electrons. The summed E-state index contributed by atoms with van der Waals surface area (Å²) in [5.74, 6) is 3.18. The number of benzene rings is 9. The van der Waals surface area contributed by atoms with Gasteiger partial charge in [-0.2, -0.15) is 0 Å². The van der Waals surface area contributed by atoms with E-state index in [4.69, 9.17) is 28.5 Å². The van der Waals surface area contributed by atoms with Crippen molar-refractivity contribution in [2.75, 3.05) is 0 Å². The Hall–Kier alpha value is -8.84. The molecule has 0 N–H and O–H groups in total. The van der Waals surface area contributed by atoms with Gasteiger partial charge in [0.15, 0.2) is 11.2 Å². The molecule has 0 saturated carbocycles. The minimum atomic E-state index is 0. The maximum Gasteiger partial charge on any atom is 2.00 e. The van der Waals surface area contributed by atoms with Crippen molar-refractivity contribution in [1.82, 2.24) is 24.1 Å². The second kappa shape index (κ2) is 21.4. The average Bonchev–Trinajstić information content (AvgIpc) is 3.22. The van der Waals surface area contributed by atoms with E-state index in [0.29, 0.717) is 39.6 Å². The molecule has 0 atom stereocenters. The van der Waals surface area contributed by atoms with Crippen LogP contribution in [0.5, 0.6) is 11.5 Å². The van der Waals surface area contributed by atoms with Crippen LogP contribution in [0.15, 0.2) is 185 Å². The van der Waals surface area contributed by atoms with E-state index in [2.05, 4.69) is 228 Å². The Morgan fingerprint density at radius 1 is 0.429 bits per heavy atom. The topological polar surface area (TPSA) is 84.0 Å². The molecule has 0 fully saturated rings. The monoisotopic (exact) mass is 1280 g/mol. The van der Waals surface area contributed by atoms with Gasteiger partial charge >= 0.3 is 21.1 Å². The zero-order valence-electron chi connectivity index (χ0n) is 48.8. The summed E-state index contributed by atoms with van der Waals surface area (Å²) in [5, 5.41) is 3.63. The van der Waals surface area contributed by atoms with E-state index in [9.17, 15) is 0 Å². The number of para-hydroxylation sites is 4. The summed E-state index contributed by atoms with van der Waals surface area (Å²) in [6, 6.07) is 69.5. The largest absolute Gasteiger partial charge is 2.00 e. The standard InChI is InChI=1S/C75H63N5O3.Pt/c1-42(2)57-36-51(48-22-13-11-14-23-48)37-58(43(3)4)69(57)79-65-30-19-17-28-63(65)77-74(79)50-26-21-27-53(35-50)81-54-40-61-55-32-33-56-68-47(10)76-46(9)34-67(68)82-73(56)72(55)83-71(61)62(41-54)75-78-64-29-18-20-31-66(64)80(75)70-59(44(5)6)38-52(39-60(70)45(7)8)49-24-15-12-16-25-49;/h11-34,36-40,42-45H,1-10H3;/q-2;+2. The van der Waals surface area contributed by atoms with Crippen LogP contribution < -0.4 is 4.74 Å². The van der Waals surface area contributed by atoms with Crippen LogP contribution in [0.4, 0.5) is 0 Å². The van der Waals surface area contributed by atoms with E-state index < -0.39 is 0 Å². The number of hydrogen-bond acceptors (Lipinski definition) is 6. The molecule has 8 nitrogen and oxygen atoms in total. The van der Waals surface area contributed by atoms with Gasteiger partial charge in [-0.15, -0.1) is 23.8 Å². The molecular weight excluding hydrogens is 1210 g/mol. The summed E-state index contributed by atoms with van der Waals surface area (Å²) in [6.45, 7) is 22.3. The first-order chi connectivity index (χ1) is 40.3. The molecule has 14 rings (SSSR count). The molecule has 0 unspecified atom stereocenters. The fourth-order valence-electron chi connectivity index (χ4n) is 12.5. The number of aryl methyl sites for hydroxylation is 2. The summed E-state index contributed by atoms with van der Waals surface area (Å²) >= 11 is 0. The van der Waals surface area contributed by atoms with Crippen molar-refractivity contribution in [3.05, 3.63) is 222 Å². The van der Waals surface area contributed by atoms with E-state index in [1.54, 1.807) is 0 Å². The number of pyridine rings is 1. The third-order valence-corrected chi connectivity index (χ3v) is 16.4. The minimum absolute atomic E-state index is 0. The third kappa shape index (κ3) is 9.14. The van der Waals surface area contributed by atoms with Gasteiger partial charge in [0.1, 0.15) is 5.58 Å². The second-order valence-electron chi connectivity index (χ2n) is 23.4. The van der Waals surface area contributed by atoms with Crippen molar-refractivity contribution in [3.63, 3.8) is 0 Å². The Balaban J connectivity index is 0.00000658. The van der Waals surface area contributed by atoms with Gasteiger partial charge in [0.2, 0.25) is 0 Å². The molecule has 0 spiro atoms. The molecule has 0 bridgehead atoms. The van der Waals surface area contributed by atoms with E-state index in [0.717, 1.165) is 83.3 Å². The molecule has 0 saturated heterocycles. The van der Waals surface area contributed by atoms with Gasteiger partial charge in [0.25, 0.3) is 0 Å². The zero-order valence-corrected chi connectivity index (χ0v) is 51.1. The maximum absolute atomic E-state index is 7.25. The fourth-order valence-corrected chi connectivity index (χ4v) is 12.5. The predicted molar refractivity (Wildman–Crippen MR) is 340 cm³/mol. The molecule has 9 heteroatoms. The second-order valence-corrected chi connectivity index (χ2v) is 23.4. The number of furan rings is 2. The normalized spacial score (nSPS) is 12.0. The number of fused-ring (bicyclic) bond motifs is 9. The Morgan fingerprint density at radius 3 is 1.49 bits per heavy atom. The number of rotatable bonds is 12. The number of ether oxygens (including phenoxy) is 1. The van der Waals surface area contributed by atoms with Crippen LogP contribution >= 0.6 is 0 Å². The maximum atomic E-state index is 7.25. The van der Waals surface area contributed by atoms with Gasteiger partial charge in [-0.05, 0) is 137 Å². The molecule has 84 heavy (non-hydrogen) atoms. The van der Waals surface area contributed by atoms with Crippen molar-refractivity contribution in [2.45, 2.75) is 92.9 Å². The van der Waals surface area contributed by atoms with Gasteiger partial charge in [-0.1, -0.05) is 176 Å². The predicted octanol–water partition coefficient (Wildman–Crippen LogP) is 20.7. The van der Waals surface area contributed by atoms with Crippen LogP contribution in [0.2, 0.25) is 0 Å². The zero-order chi connectivity index (χ0) is 56.9. The SMILES string of the molecule is Cc1cc2oc3c(ccc4c5cc(Oc6[c-]c(-c7nc8ccccc8n7-c7c(C(C)C)cc(-c8ccccc8)cc7C(C)C)ccc6)[c-]c(-c6nc7ccccc7n6-c6c(C(C)C)cc(-c7ccccc7)cc6C(C)C)c5oc43)c2c(C)n1.[Pt+2]. The Kier molecular flexibility index (Phi) is 13.9. The molecule has 0 amide bonds. The van der Waals surface area contributed by atoms with Gasteiger partial charge in [0.05, 0.1) is 39.3 Å². The van der Waals surface area contributed by atoms with Crippen molar-refractivity contribution < 1.29 is 34.6 Å². The molecule has 0 aliphatic rings. The van der Waals surface area contributed by atoms with Crippen molar-refractivity contribution >= 4 is 65.9 Å². The average molecular weight is 1280 g/mol. The molecule has 0 aliphatic carbocycles. The van der Waals surface area contributed by atoms with Crippen LogP contribution in [0.1, 0.15) is 113 Å². The quantitative estimate of drug-likeness (QED) is 0.113. The minimum Gasteiger partial charge on any atom is -0.497 e. The fraction of sp³-hybridized carbons (Fsp3) is 0.187. The number of hydrogen-bond donors (Lipinski definition) is 0. The molecular formula is C75H63N5O3Pt. The van der Waals surface area contributed by atoms with Crippen molar-refractivity contribution in [2.24, 2.45) is 0 Å². The van der Waals surface area contributed by atoms with E-state index in [-0.39, 0.29) is 44.7 Å². The van der Waals surface area contributed by atoms with Crippen LogP contribution in [0, 0.1) is 26.0 Å². The van der Waals surface area contributed by atoms with Crippen LogP contribution in [0.3, 0.4) is 0 Å². The van der Waals surface area contributed by atoms with Crippen LogP contribution in [0.25, 0.3) is 122 Å². The van der Waals surface area contributed by atoms with Crippen LogP contribution in [-0.4, -0.2) is 24.1 Å². The van der Waals surface area contributed by atoms with Crippen molar-refractivity contribution in [3.8, 4) is 67.9 Å². The van der Waals surface area contributed by atoms with E-state index >= 15 is 0 Å². The summed E-state index contributed by atoms with van der Waals surface area (Å²) in [6.07, 6.45) is 0. The van der Waals surface area contributed by atoms with Crippen molar-refractivity contribution in [1.29, 1.82) is 0 Å².